The first kappa shape index (κ1) is 25.7. The van der Waals surface area contributed by atoms with Crippen LogP contribution in [-0.4, -0.2) is 102 Å². The van der Waals surface area contributed by atoms with Gasteiger partial charge < -0.3 is 35.2 Å². The minimum Gasteiger partial charge on any atom is -0.449 e. The number of fused-ring (bicyclic) bond motifs is 1. The zero-order chi connectivity index (χ0) is 24.7. The van der Waals surface area contributed by atoms with Crippen LogP contribution in [0, 0.1) is 5.92 Å². The van der Waals surface area contributed by atoms with E-state index in [0.29, 0.717) is 44.8 Å². The second-order valence-corrected chi connectivity index (χ2v) is 10.3. The van der Waals surface area contributed by atoms with Crippen LogP contribution in [0.2, 0.25) is 0 Å². The Hall–Kier alpha value is -2.96. The van der Waals surface area contributed by atoms with Crippen molar-refractivity contribution in [1.82, 2.24) is 30.2 Å². The van der Waals surface area contributed by atoms with E-state index in [-0.39, 0.29) is 30.0 Å². The van der Waals surface area contributed by atoms with Crippen molar-refractivity contribution in [3.63, 3.8) is 0 Å². The normalized spacial score (nSPS) is 23.4. The molecule has 2 aromatic rings. The Morgan fingerprint density at radius 1 is 1.19 bits per heavy atom. The first-order valence-corrected chi connectivity index (χ1v) is 12.7. The fourth-order valence-electron chi connectivity index (χ4n) is 5.44. The molecule has 0 bridgehead atoms. The van der Waals surface area contributed by atoms with E-state index in [1.165, 1.54) is 0 Å². The largest absolute Gasteiger partial charge is 0.449 e. The number of morpholine rings is 1. The van der Waals surface area contributed by atoms with E-state index < -0.39 is 0 Å². The lowest BCUT2D eigenvalue weighted by molar-refractivity contribution is 0.0823. The molecule has 0 radical (unpaired) electrons. The van der Waals surface area contributed by atoms with Crippen LogP contribution in [0.3, 0.4) is 0 Å². The number of halogens is 1. The van der Waals surface area contributed by atoms with Gasteiger partial charge in [0.05, 0.1) is 31.1 Å². The third kappa shape index (κ3) is 4.97. The Bertz CT molecular complexity index is 1130. The molecule has 4 aliphatic heterocycles. The summed E-state index contributed by atoms with van der Waals surface area (Å²) in [6, 6.07) is 0. The number of carbonyl (C=O) groups excluding carboxylic acids is 1. The fraction of sp³-hybridized carbons (Fsp3) is 0.625. The molecule has 0 saturated carbocycles. The van der Waals surface area contributed by atoms with E-state index in [9.17, 15) is 4.79 Å². The monoisotopic (exact) mass is 531 g/mol. The van der Waals surface area contributed by atoms with Gasteiger partial charge in [-0.05, 0) is 19.8 Å². The highest BCUT2D eigenvalue weighted by atomic mass is 35.5. The number of nitrogen functional groups attached to an aromatic ring is 1. The van der Waals surface area contributed by atoms with Crippen LogP contribution in [0.4, 0.5) is 22.5 Å². The summed E-state index contributed by atoms with van der Waals surface area (Å²) < 4.78 is 11.1. The summed E-state index contributed by atoms with van der Waals surface area (Å²) in [7, 11) is 0. The Labute approximate surface area is 222 Å². The number of hydrogen-bond donors (Lipinski definition) is 2. The van der Waals surface area contributed by atoms with Gasteiger partial charge >= 0.3 is 6.09 Å². The van der Waals surface area contributed by atoms with Crippen LogP contribution in [0.25, 0.3) is 11.3 Å². The number of amides is 1. The summed E-state index contributed by atoms with van der Waals surface area (Å²) in [6.07, 6.45) is 4.89. The van der Waals surface area contributed by atoms with E-state index in [4.69, 9.17) is 25.2 Å². The molecule has 2 aromatic heterocycles. The zero-order valence-corrected chi connectivity index (χ0v) is 21.9. The average Bonchev–Trinajstić information content (AvgIpc) is 3.48. The predicted octanol–water partition coefficient (Wildman–Crippen LogP) is 0.957. The summed E-state index contributed by atoms with van der Waals surface area (Å²) in [5.74, 6) is 2.28. The van der Waals surface area contributed by atoms with Gasteiger partial charge in [0.2, 0.25) is 11.9 Å². The summed E-state index contributed by atoms with van der Waals surface area (Å²) in [6.45, 7) is 9.40. The number of rotatable bonds is 5. The molecule has 0 spiro atoms. The first-order chi connectivity index (χ1) is 17.5. The second kappa shape index (κ2) is 10.4. The van der Waals surface area contributed by atoms with Gasteiger partial charge in [0, 0.05) is 75.3 Å². The number of nitrogens with zero attached hydrogens (tertiary/aromatic N) is 7. The second-order valence-electron chi connectivity index (χ2n) is 10.3. The molecule has 1 amide bonds. The van der Waals surface area contributed by atoms with Crippen molar-refractivity contribution >= 4 is 36.2 Å². The molecule has 0 unspecified atom stereocenters. The van der Waals surface area contributed by atoms with E-state index >= 15 is 0 Å². The minimum absolute atomic E-state index is 0. The van der Waals surface area contributed by atoms with Crippen molar-refractivity contribution < 1.29 is 14.3 Å². The molecule has 13 heteroatoms. The standard InChI is InChI=1S/C24H33N9O3.ClH/c1-24(3-5-32(15-24)23(34)36-14-16-10-26-11-16)33-4-2-18-19(17-12-27-21(25)28-13-17)29-22(30-20(18)33)31-6-8-35-9-7-31;/h12-13,16,26H,2-11,14-15H2,1H3,(H2,25,27,28);1H/t24-;/m0./s1. The molecular weight excluding hydrogens is 498 g/mol. The molecule has 3 fully saturated rings. The smallest absolute Gasteiger partial charge is 0.409 e. The van der Waals surface area contributed by atoms with Crippen molar-refractivity contribution in [1.29, 1.82) is 0 Å². The first-order valence-electron chi connectivity index (χ1n) is 12.7. The quantitative estimate of drug-likeness (QED) is 0.571. The lowest BCUT2D eigenvalue weighted by Gasteiger charge is -2.37. The Morgan fingerprint density at radius 3 is 2.65 bits per heavy atom. The Kier molecular flexibility index (Phi) is 7.24. The van der Waals surface area contributed by atoms with Gasteiger partial charge in [-0.2, -0.15) is 4.98 Å². The molecule has 0 aliphatic carbocycles. The maximum Gasteiger partial charge on any atom is 0.409 e. The van der Waals surface area contributed by atoms with E-state index in [1.54, 1.807) is 12.4 Å². The maximum atomic E-state index is 12.8. The lowest BCUT2D eigenvalue weighted by atomic mass is 9.99. The molecule has 37 heavy (non-hydrogen) atoms. The SMILES string of the molecule is C[C@]1(N2CCc3c(-c4cnc(N)nc4)nc(N4CCOCC4)nc32)CCN(C(=O)OCC2CNC2)C1.Cl. The third-order valence-electron chi connectivity index (χ3n) is 7.72. The average molecular weight is 532 g/mol. The number of hydrogen-bond acceptors (Lipinski definition) is 11. The zero-order valence-electron chi connectivity index (χ0n) is 21.1. The lowest BCUT2D eigenvalue weighted by Crippen LogP contribution is -2.49. The van der Waals surface area contributed by atoms with E-state index in [1.807, 2.05) is 4.90 Å². The highest BCUT2D eigenvalue weighted by Crippen LogP contribution is 2.41. The summed E-state index contributed by atoms with van der Waals surface area (Å²) >= 11 is 0. The van der Waals surface area contributed by atoms with Crippen molar-refractivity contribution in [2.45, 2.75) is 25.3 Å². The molecule has 0 aromatic carbocycles. The molecule has 200 valence electrons. The van der Waals surface area contributed by atoms with Crippen molar-refractivity contribution in [3.8, 4) is 11.3 Å². The minimum atomic E-state index is -0.242. The number of aromatic nitrogens is 4. The Balaban J connectivity index is 0.00000280. The highest BCUT2D eigenvalue weighted by Gasteiger charge is 2.45. The van der Waals surface area contributed by atoms with Gasteiger partial charge in [-0.3, -0.25) is 0 Å². The molecular formula is C24H34ClN9O3. The van der Waals surface area contributed by atoms with Crippen LogP contribution in [0.15, 0.2) is 12.4 Å². The van der Waals surface area contributed by atoms with Crippen LogP contribution in [0.1, 0.15) is 18.9 Å². The number of carbonyl (C=O) groups is 1. The Morgan fingerprint density at radius 2 is 1.95 bits per heavy atom. The number of nitrogens with two attached hydrogens (primary N) is 1. The molecule has 3 saturated heterocycles. The molecule has 1 atom stereocenters. The fourth-order valence-corrected chi connectivity index (χ4v) is 5.44. The van der Waals surface area contributed by atoms with Gasteiger partial charge in [-0.25, -0.2) is 19.7 Å². The van der Waals surface area contributed by atoms with Crippen molar-refractivity contribution in [2.75, 3.05) is 81.2 Å². The van der Waals surface area contributed by atoms with E-state index in [0.717, 1.165) is 68.2 Å². The van der Waals surface area contributed by atoms with Gasteiger partial charge in [-0.1, -0.05) is 0 Å². The van der Waals surface area contributed by atoms with Crippen molar-refractivity contribution in [2.24, 2.45) is 5.92 Å². The number of ether oxygens (including phenoxy) is 2. The molecule has 3 N–H and O–H groups in total. The van der Waals surface area contributed by atoms with Gasteiger partial charge in [0.25, 0.3) is 0 Å². The predicted molar refractivity (Wildman–Crippen MR) is 141 cm³/mol. The highest BCUT2D eigenvalue weighted by molar-refractivity contribution is 5.85. The van der Waals surface area contributed by atoms with Crippen LogP contribution < -0.4 is 20.9 Å². The molecule has 4 aliphatic rings. The number of anilines is 3. The molecule has 6 heterocycles. The van der Waals surface area contributed by atoms with Gasteiger partial charge in [-0.15, -0.1) is 12.4 Å². The van der Waals surface area contributed by atoms with Gasteiger partial charge in [0.15, 0.2) is 0 Å². The third-order valence-corrected chi connectivity index (χ3v) is 7.72. The van der Waals surface area contributed by atoms with Crippen LogP contribution in [-0.2, 0) is 15.9 Å². The van der Waals surface area contributed by atoms with E-state index in [2.05, 4.69) is 32.0 Å². The summed E-state index contributed by atoms with van der Waals surface area (Å²) in [5.41, 5.74) is 8.25. The topological polar surface area (TPSA) is 135 Å². The molecule has 12 nitrogen and oxygen atoms in total. The van der Waals surface area contributed by atoms with Crippen LogP contribution >= 0.6 is 12.4 Å². The van der Waals surface area contributed by atoms with Gasteiger partial charge in [0.1, 0.15) is 5.82 Å². The number of nitrogens with one attached hydrogen (secondary N) is 1. The molecule has 6 rings (SSSR count). The number of likely N-dealkylation sites (tertiary alicyclic amines) is 1. The van der Waals surface area contributed by atoms with Crippen molar-refractivity contribution in [3.05, 3.63) is 18.0 Å². The maximum absolute atomic E-state index is 12.8. The van der Waals surface area contributed by atoms with Crippen LogP contribution in [0.5, 0.6) is 0 Å². The summed E-state index contributed by atoms with van der Waals surface area (Å²) in [4.78, 5) is 37.6. The summed E-state index contributed by atoms with van der Waals surface area (Å²) in [5, 5.41) is 3.21.